The van der Waals surface area contributed by atoms with E-state index in [9.17, 15) is 0 Å². The third kappa shape index (κ3) is 2.80. The average Bonchev–Trinajstić information content (AvgIpc) is 3.23. The van der Waals surface area contributed by atoms with Crippen molar-refractivity contribution in [2.75, 3.05) is 4.90 Å². The summed E-state index contributed by atoms with van der Waals surface area (Å²) in [6.07, 6.45) is 7.34. The van der Waals surface area contributed by atoms with Crippen molar-refractivity contribution >= 4 is 38.9 Å². The third-order valence-electron chi connectivity index (χ3n) is 7.36. The Bertz CT molecular complexity index is 1680. The van der Waals surface area contributed by atoms with Crippen molar-refractivity contribution in [1.82, 2.24) is 14.5 Å². The smallest absolute Gasteiger partial charge is 0.0582 e. The lowest BCUT2D eigenvalue weighted by Gasteiger charge is -2.34. The number of para-hydroxylation sites is 2. The minimum atomic E-state index is -0.0660. The van der Waals surface area contributed by atoms with E-state index >= 15 is 0 Å². The van der Waals surface area contributed by atoms with Crippen LogP contribution in [-0.4, -0.2) is 14.5 Å². The van der Waals surface area contributed by atoms with Crippen LogP contribution in [0.4, 0.5) is 17.1 Å². The van der Waals surface area contributed by atoms with Gasteiger partial charge >= 0.3 is 0 Å². The van der Waals surface area contributed by atoms with Crippen LogP contribution in [0.25, 0.3) is 27.5 Å². The van der Waals surface area contributed by atoms with Gasteiger partial charge in [-0.3, -0.25) is 9.97 Å². The van der Waals surface area contributed by atoms with E-state index in [-0.39, 0.29) is 5.41 Å². The summed E-state index contributed by atoms with van der Waals surface area (Å²) in [5.74, 6) is 0. The Kier molecular flexibility index (Phi) is 4.15. The first-order valence-corrected chi connectivity index (χ1v) is 11.9. The highest BCUT2D eigenvalue weighted by Crippen LogP contribution is 2.48. The van der Waals surface area contributed by atoms with Crippen molar-refractivity contribution in [1.29, 1.82) is 0 Å². The molecule has 0 N–H and O–H groups in total. The molecule has 0 bridgehead atoms. The molecule has 6 aromatic rings. The van der Waals surface area contributed by atoms with Crippen molar-refractivity contribution in [3.63, 3.8) is 0 Å². The molecular formula is C31H24N4. The van der Waals surface area contributed by atoms with Crippen LogP contribution < -0.4 is 4.90 Å². The fraction of sp³-hybridized carbons (Fsp3) is 0.0968. The van der Waals surface area contributed by atoms with E-state index in [2.05, 4.69) is 93.9 Å². The van der Waals surface area contributed by atoms with Crippen molar-refractivity contribution in [3.05, 3.63) is 121 Å². The zero-order chi connectivity index (χ0) is 23.6. The van der Waals surface area contributed by atoms with Crippen LogP contribution in [0.3, 0.4) is 0 Å². The SMILES string of the molecule is CC1(C)c2ccccc2-n2c3ccc(N(c4ccncc4)c4ccncc4)cc3c3cccc1c32. The van der Waals surface area contributed by atoms with Crippen LogP contribution in [0.2, 0.25) is 0 Å². The molecule has 0 amide bonds. The van der Waals surface area contributed by atoms with Gasteiger partial charge in [0.1, 0.15) is 0 Å². The molecule has 1 aliphatic rings. The Labute approximate surface area is 204 Å². The number of hydrogen-bond donors (Lipinski definition) is 0. The zero-order valence-electron chi connectivity index (χ0n) is 19.7. The van der Waals surface area contributed by atoms with Crippen LogP contribution in [0.1, 0.15) is 25.0 Å². The van der Waals surface area contributed by atoms with E-state index in [0.29, 0.717) is 0 Å². The van der Waals surface area contributed by atoms with Crippen LogP contribution in [0, 0.1) is 0 Å². The molecule has 0 fully saturated rings. The molecule has 0 aliphatic carbocycles. The minimum Gasteiger partial charge on any atom is -0.310 e. The first-order valence-electron chi connectivity index (χ1n) is 11.9. The second kappa shape index (κ2) is 7.28. The summed E-state index contributed by atoms with van der Waals surface area (Å²) in [4.78, 5) is 10.7. The Hall–Kier alpha value is -4.44. The maximum atomic E-state index is 4.23. The number of hydrogen-bond acceptors (Lipinski definition) is 3. The summed E-state index contributed by atoms with van der Waals surface area (Å²) in [6.45, 7) is 4.67. The van der Waals surface area contributed by atoms with Gasteiger partial charge in [0.25, 0.3) is 0 Å². The average molecular weight is 453 g/mol. The number of rotatable bonds is 3. The summed E-state index contributed by atoms with van der Waals surface area (Å²) >= 11 is 0. The van der Waals surface area contributed by atoms with E-state index in [4.69, 9.17) is 0 Å². The number of nitrogens with zero attached hydrogens (tertiary/aromatic N) is 4. The lowest BCUT2D eigenvalue weighted by Crippen LogP contribution is -2.26. The molecule has 0 spiro atoms. The second-order valence-corrected chi connectivity index (χ2v) is 9.63. The highest BCUT2D eigenvalue weighted by Gasteiger charge is 2.34. The predicted molar refractivity (Wildman–Crippen MR) is 143 cm³/mol. The number of aromatic nitrogens is 3. The van der Waals surface area contributed by atoms with Crippen molar-refractivity contribution in [2.45, 2.75) is 19.3 Å². The van der Waals surface area contributed by atoms with E-state index in [1.807, 2.05) is 49.1 Å². The fourth-order valence-corrected chi connectivity index (χ4v) is 5.73. The van der Waals surface area contributed by atoms with Crippen LogP contribution >= 0.6 is 0 Å². The molecule has 4 heterocycles. The number of fused-ring (bicyclic) bond motifs is 5. The quantitative estimate of drug-likeness (QED) is 0.276. The Morgan fingerprint density at radius 3 is 2.00 bits per heavy atom. The number of benzene rings is 3. The van der Waals surface area contributed by atoms with E-state index < -0.39 is 0 Å². The molecule has 7 rings (SSSR count). The van der Waals surface area contributed by atoms with Gasteiger partial charge in [-0.15, -0.1) is 0 Å². The first kappa shape index (κ1) is 20.0. The summed E-state index contributed by atoms with van der Waals surface area (Å²) in [6, 6.07) is 30.5. The van der Waals surface area contributed by atoms with Crippen LogP contribution in [0.5, 0.6) is 0 Å². The van der Waals surface area contributed by atoms with Crippen LogP contribution in [-0.2, 0) is 5.41 Å². The van der Waals surface area contributed by atoms with Gasteiger partial charge < -0.3 is 9.47 Å². The standard InChI is InChI=1S/C31H24N4/c1-31(2)26-7-3-4-9-29(26)35-28-11-10-23(20-25(28)24-6-5-8-27(31)30(24)35)34(21-12-16-32-17-13-21)22-14-18-33-19-15-22/h3-20H,1-2H3. The lowest BCUT2D eigenvalue weighted by atomic mass is 9.75. The number of anilines is 3. The highest BCUT2D eigenvalue weighted by atomic mass is 15.1. The molecule has 0 saturated carbocycles. The van der Waals surface area contributed by atoms with Gasteiger partial charge in [-0.2, -0.15) is 0 Å². The lowest BCUT2D eigenvalue weighted by molar-refractivity contribution is 0.630. The minimum absolute atomic E-state index is 0.0660. The second-order valence-electron chi connectivity index (χ2n) is 9.63. The van der Waals surface area contributed by atoms with Gasteiger partial charge in [0, 0.05) is 58.0 Å². The Morgan fingerprint density at radius 1 is 0.629 bits per heavy atom. The Balaban J connectivity index is 1.55. The zero-order valence-corrected chi connectivity index (χ0v) is 19.7. The summed E-state index contributed by atoms with van der Waals surface area (Å²) < 4.78 is 2.45. The van der Waals surface area contributed by atoms with Crippen molar-refractivity contribution in [2.24, 2.45) is 0 Å². The molecule has 0 unspecified atom stereocenters. The van der Waals surface area contributed by atoms with Gasteiger partial charge in [0.2, 0.25) is 0 Å². The van der Waals surface area contributed by atoms with Gasteiger partial charge in [0.15, 0.2) is 0 Å². The van der Waals surface area contributed by atoms with E-state index in [0.717, 1.165) is 17.1 Å². The van der Waals surface area contributed by atoms with E-state index in [1.54, 1.807) is 0 Å². The largest absolute Gasteiger partial charge is 0.310 e. The molecule has 168 valence electrons. The van der Waals surface area contributed by atoms with Crippen molar-refractivity contribution < 1.29 is 0 Å². The molecular weight excluding hydrogens is 428 g/mol. The Morgan fingerprint density at radius 2 is 1.29 bits per heavy atom. The van der Waals surface area contributed by atoms with E-state index in [1.165, 1.54) is 38.6 Å². The summed E-state index contributed by atoms with van der Waals surface area (Å²) in [7, 11) is 0. The number of pyridine rings is 2. The van der Waals surface area contributed by atoms with Gasteiger partial charge in [-0.05, 0) is 59.7 Å². The summed E-state index contributed by atoms with van der Waals surface area (Å²) in [5.41, 5.74) is 9.69. The molecule has 4 nitrogen and oxygen atoms in total. The molecule has 0 atom stereocenters. The monoisotopic (exact) mass is 452 g/mol. The first-order chi connectivity index (χ1) is 17.1. The molecule has 3 aromatic carbocycles. The van der Waals surface area contributed by atoms with Gasteiger partial charge in [0.05, 0.1) is 16.7 Å². The maximum Gasteiger partial charge on any atom is 0.0582 e. The van der Waals surface area contributed by atoms with Crippen LogP contribution in [0.15, 0.2) is 110 Å². The predicted octanol–water partition coefficient (Wildman–Crippen LogP) is 7.68. The molecule has 0 saturated heterocycles. The third-order valence-corrected chi connectivity index (χ3v) is 7.36. The molecule has 35 heavy (non-hydrogen) atoms. The molecule has 1 aliphatic heterocycles. The normalized spacial score (nSPS) is 13.7. The maximum absolute atomic E-state index is 4.23. The topological polar surface area (TPSA) is 34.0 Å². The summed E-state index contributed by atoms with van der Waals surface area (Å²) in [5, 5.41) is 2.53. The fourth-order valence-electron chi connectivity index (χ4n) is 5.73. The van der Waals surface area contributed by atoms with Gasteiger partial charge in [-0.25, -0.2) is 0 Å². The van der Waals surface area contributed by atoms with Crippen molar-refractivity contribution in [3.8, 4) is 5.69 Å². The van der Waals surface area contributed by atoms with Gasteiger partial charge in [-0.1, -0.05) is 50.2 Å². The molecule has 0 radical (unpaired) electrons. The molecule has 3 aromatic heterocycles. The molecule has 4 heteroatoms. The highest BCUT2D eigenvalue weighted by molar-refractivity contribution is 6.12.